The molecule has 1 heterocycles. The first-order valence-corrected chi connectivity index (χ1v) is 6.73. The molecular formula is C18H19N. The summed E-state index contributed by atoms with van der Waals surface area (Å²) >= 11 is 0. The number of anilines is 1. The number of benzene rings is 2. The Morgan fingerprint density at radius 2 is 1.53 bits per heavy atom. The van der Waals surface area contributed by atoms with Crippen LogP contribution < -0.4 is 5.32 Å². The molecule has 1 N–H and O–H groups in total. The number of nitrogens with one attached hydrogen (secondary N) is 1. The average Bonchev–Trinajstić information content (AvgIpc) is 2.38. The van der Waals surface area contributed by atoms with Crippen LogP contribution in [0.25, 0.3) is 16.7 Å². The molecule has 1 heteroatoms. The van der Waals surface area contributed by atoms with Crippen molar-refractivity contribution in [2.75, 3.05) is 5.32 Å². The van der Waals surface area contributed by atoms with E-state index in [4.69, 9.17) is 0 Å². The third-order valence-electron chi connectivity index (χ3n) is 3.60. The van der Waals surface area contributed by atoms with E-state index in [0.717, 1.165) is 0 Å². The molecule has 0 spiro atoms. The lowest BCUT2D eigenvalue weighted by Crippen LogP contribution is -2.31. The van der Waals surface area contributed by atoms with Crippen LogP contribution in [0.15, 0.2) is 54.6 Å². The Kier molecular flexibility index (Phi) is 2.70. The molecule has 1 nitrogen and oxygen atoms in total. The van der Waals surface area contributed by atoms with Gasteiger partial charge in [0.15, 0.2) is 0 Å². The third kappa shape index (κ3) is 2.17. The lowest BCUT2D eigenvalue weighted by atomic mass is 9.88. The number of allylic oxidation sites excluding steroid dienone is 1. The predicted molar refractivity (Wildman–Crippen MR) is 83.2 cm³/mol. The fraction of sp³-hybridized carbons (Fsp3) is 0.222. The summed E-state index contributed by atoms with van der Waals surface area (Å²) in [6.45, 7) is 6.61. The van der Waals surface area contributed by atoms with Crippen LogP contribution in [0.1, 0.15) is 26.3 Å². The molecule has 2 aromatic rings. The quantitative estimate of drug-likeness (QED) is 0.753. The highest BCUT2D eigenvalue weighted by Crippen LogP contribution is 2.40. The summed E-state index contributed by atoms with van der Waals surface area (Å²) in [5.41, 5.74) is 6.44. The van der Waals surface area contributed by atoms with Crippen molar-refractivity contribution in [3.05, 3.63) is 60.2 Å². The minimum atomic E-state index is 0.00195. The molecule has 1 aliphatic rings. The molecule has 2 aromatic carbocycles. The van der Waals surface area contributed by atoms with Gasteiger partial charge < -0.3 is 5.32 Å². The topological polar surface area (TPSA) is 12.0 Å². The minimum Gasteiger partial charge on any atom is -0.376 e. The zero-order valence-electron chi connectivity index (χ0n) is 11.7. The zero-order chi connectivity index (χ0) is 13.5. The highest BCUT2D eigenvalue weighted by molar-refractivity contribution is 5.90. The molecule has 0 bridgehead atoms. The van der Waals surface area contributed by atoms with Crippen LogP contribution in [0.5, 0.6) is 0 Å². The highest BCUT2D eigenvalue weighted by Gasteiger charge is 2.24. The maximum atomic E-state index is 3.66. The number of para-hydroxylation sites is 1. The Morgan fingerprint density at radius 3 is 2.26 bits per heavy atom. The summed E-state index contributed by atoms with van der Waals surface area (Å²) in [7, 11) is 0. The minimum absolute atomic E-state index is 0.00195. The monoisotopic (exact) mass is 249 g/mol. The zero-order valence-corrected chi connectivity index (χ0v) is 11.7. The van der Waals surface area contributed by atoms with Gasteiger partial charge in [0.25, 0.3) is 0 Å². The van der Waals surface area contributed by atoms with E-state index in [2.05, 4.69) is 80.7 Å². The van der Waals surface area contributed by atoms with Crippen LogP contribution in [0, 0.1) is 0 Å². The van der Waals surface area contributed by atoms with Gasteiger partial charge in [-0.1, -0.05) is 54.6 Å². The fourth-order valence-corrected chi connectivity index (χ4v) is 2.85. The number of rotatable bonds is 1. The van der Waals surface area contributed by atoms with Gasteiger partial charge in [0.2, 0.25) is 0 Å². The van der Waals surface area contributed by atoms with Crippen molar-refractivity contribution < 1.29 is 0 Å². The molecule has 0 atom stereocenters. The average molecular weight is 249 g/mol. The van der Waals surface area contributed by atoms with E-state index in [1.165, 1.54) is 28.0 Å². The number of hydrogen-bond donors (Lipinski definition) is 1. The Labute approximate surface area is 115 Å². The Hall–Kier alpha value is -2.02. The van der Waals surface area contributed by atoms with Crippen LogP contribution in [0.2, 0.25) is 0 Å². The second-order valence-electron chi connectivity index (χ2n) is 5.77. The summed E-state index contributed by atoms with van der Waals surface area (Å²) in [4.78, 5) is 0. The van der Waals surface area contributed by atoms with E-state index in [9.17, 15) is 0 Å². The first-order chi connectivity index (χ1) is 9.07. The van der Waals surface area contributed by atoms with Gasteiger partial charge in [-0.2, -0.15) is 0 Å². The van der Waals surface area contributed by atoms with Gasteiger partial charge in [0.05, 0.1) is 11.2 Å². The highest BCUT2D eigenvalue weighted by atomic mass is 15.0. The van der Waals surface area contributed by atoms with E-state index in [0.29, 0.717) is 0 Å². The molecule has 0 amide bonds. The Morgan fingerprint density at radius 1 is 0.842 bits per heavy atom. The van der Waals surface area contributed by atoms with Crippen molar-refractivity contribution in [3.63, 3.8) is 0 Å². The van der Waals surface area contributed by atoms with Crippen molar-refractivity contribution >= 4 is 11.3 Å². The molecule has 3 rings (SSSR count). The summed E-state index contributed by atoms with van der Waals surface area (Å²) in [6.07, 6.45) is 2.30. The van der Waals surface area contributed by atoms with E-state index in [1.54, 1.807) is 0 Å². The van der Waals surface area contributed by atoms with Gasteiger partial charge in [-0.05, 0) is 31.9 Å². The molecular weight excluding hydrogens is 230 g/mol. The lowest BCUT2D eigenvalue weighted by molar-refractivity contribution is 0.708. The Balaban J connectivity index is 2.21. The van der Waals surface area contributed by atoms with Crippen molar-refractivity contribution in [2.24, 2.45) is 0 Å². The van der Waals surface area contributed by atoms with E-state index >= 15 is 0 Å². The molecule has 19 heavy (non-hydrogen) atoms. The molecule has 0 aliphatic carbocycles. The molecule has 0 fully saturated rings. The van der Waals surface area contributed by atoms with Gasteiger partial charge in [-0.15, -0.1) is 0 Å². The van der Waals surface area contributed by atoms with Gasteiger partial charge >= 0.3 is 0 Å². The van der Waals surface area contributed by atoms with E-state index in [-0.39, 0.29) is 5.54 Å². The Bertz CT molecular complexity index is 636. The van der Waals surface area contributed by atoms with Gasteiger partial charge in [-0.25, -0.2) is 0 Å². The third-order valence-corrected chi connectivity index (χ3v) is 3.60. The summed E-state index contributed by atoms with van der Waals surface area (Å²) in [5, 5.41) is 3.66. The first-order valence-electron chi connectivity index (χ1n) is 6.73. The molecule has 0 saturated heterocycles. The van der Waals surface area contributed by atoms with Crippen LogP contribution in [0.4, 0.5) is 5.69 Å². The maximum absolute atomic E-state index is 3.66. The SMILES string of the molecule is CC1=CC(C)(C)Nc2c1cccc2-c1ccccc1. The molecule has 0 aromatic heterocycles. The van der Waals surface area contributed by atoms with Crippen molar-refractivity contribution in [3.8, 4) is 11.1 Å². The van der Waals surface area contributed by atoms with Crippen molar-refractivity contribution in [2.45, 2.75) is 26.3 Å². The smallest absolute Gasteiger partial charge is 0.0506 e. The second-order valence-corrected chi connectivity index (χ2v) is 5.77. The van der Waals surface area contributed by atoms with Crippen LogP contribution in [0.3, 0.4) is 0 Å². The summed E-state index contributed by atoms with van der Waals surface area (Å²) < 4.78 is 0. The van der Waals surface area contributed by atoms with Gasteiger partial charge in [-0.3, -0.25) is 0 Å². The molecule has 96 valence electrons. The normalized spacial score (nSPS) is 16.3. The standard InChI is InChI=1S/C18H19N/c1-13-12-18(2,3)19-17-15(13)10-7-11-16(17)14-8-5-4-6-9-14/h4-12,19H,1-3H3. The predicted octanol–water partition coefficient (Wildman–Crippen LogP) is 4.96. The van der Waals surface area contributed by atoms with E-state index < -0.39 is 0 Å². The fourth-order valence-electron chi connectivity index (χ4n) is 2.85. The van der Waals surface area contributed by atoms with Crippen LogP contribution >= 0.6 is 0 Å². The van der Waals surface area contributed by atoms with Crippen LogP contribution in [-0.2, 0) is 0 Å². The van der Waals surface area contributed by atoms with Gasteiger partial charge in [0, 0.05) is 11.1 Å². The lowest BCUT2D eigenvalue weighted by Gasteiger charge is -2.33. The number of fused-ring (bicyclic) bond motifs is 1. The first kappa shape index (κ1) is 12.0. The van der Waals surface area contributed by atoms with Crippen LogP contribution in [-0.4, -0.2) is 5.54 Å². The van der Waals surface area contributed by atoms with Crippen molar-refractivity contribution in [1.82, 2.24) is 0 Å². The molecule has 1 aliphatic heterocycles. The van der Waals surface area contributed by atoms with Gasteiger partial charge in [0.1, 0.15) is 0 Å². The largest absolute Gasteiger partial charge is 0.376 e. The molecule has 0 radical (unpaired) electrons. The molecule has 0 unspecified atom stereocenters. The van der Waals surface area contributed by atoms with E-state index in [1.807, 2.05) is 0 Å². The number of hydrogen-bond acceptors (Lipinski definition) is 1. The summed E-state index contributed by atoms with van der Waals surface area (Å²) in [5.74, 6) is 0. The van der Waals surface area contributed by atoms with Crippen molar-refractivity contribution in [1.29, 1.82) is 0 Å². The maximum Gasteiger partial charge on any atom is 0.0506 e. The molecule has 0 saturated carbocycles. The second kappa shape index (κ2) is 4.27. The summed E-state index contributed by atoms with van der Waals surface area (Å²) in [6, 6.07) is 17.1.